The van der Waals surface area contributed by atoms with Gasteiger partial charge in [0.15, 0.2) is 0 Å². The summed E-state index contributed by atoms with van der Waals surface area (Å²) in [5.41, 5.74) is 5.89. The summed E-state index contributed by atoms with van der Waals surface area (Å²) in [6.45, 7) is 2.14. The highest BCUT2D eigenvalue weighted by Crippen LogP contribution is 2.27. The standard InChI is InChI=1S/C20H17N/c1-16-9-5-6-13-19(16)20(17-10-3-2-4-11-17)15-18-12-7-8-14-21-18/h2-15H,1H3/b20-15+. The molecule has 1 nitrogen and oxygen atoms in total. The lowest BCUT2D eigenvalue weighted by atomic mass is 9.93. The van der Waals surface area contributed by atoms with Crippen molar-refractivity contribution in [1.29, 1.82) is 0 Å². The Morgan fingerprint density at radius 2 is 1.52 bits per heavy atom. The molecule has 21 heavy (non-hydrogen) atoms. The predicted octanol–water partition coefficient (Wildman–Crippen LogP) is 4.98. The van der Waals surface area contributed by atoms with E-state index in [-0.39, 0.29) is 0 Å². The summed E-state index contributed by atoms with van der Waals surface area (Å²) in [5, 5.41) is 0. The van der Waals surface area contributed by atoms with E-state index in [1.165, 1.54) is 22.3 Å². The van der Waals surface area contributed by atoms with Crippen molar-refractivity contribution in [1.82, 2.24) is 4.98 Å². The lowest BCUT2D eigenvalue weighted by Crippen LogP contribution is -1.92. The van der Waals surface area contributed by atoms with E-state index in [2.05, 4.69) is 66.5 Å². The minimum absolute atomic E-state index is 0.972. The topological polar surface area (TPSA) is 12.9 Å². The van der Waals surface area contributed by atoms with Crippen molar-refractivity contribution in [2.24, 2.45) is 0 Å². The highest BCUT2D eigenvalue weighted by molar-refractivity contribution is 5.91. The van der Waals surface area contributed by atoms with Gasteiger partial charge in [-0.2, -0.15) is 0 Å². The van der Waals surface area contributed by atoms with Gasteiger partial charge in [-0.1, -0.05) is 60.7 Å². The molecule has 2 aromatic carbocycles. The molecule has 0 saturated carbocycles. The first-order valence-electron chi connectivity index (χ1n) is 7.09. The van der Waals surface area contributed by atoms with Gasteiger partial charge in [0.05, 0.1) is 5.69 Å². The van der Waals surface area contributed by atoms with Crippen molar-refractivity contribution in [2.75, 3.05) is 0 Å². The Morgan fingerprint density at radius 1 is 0.810 bits per heavy atom. The highest BCUT2D eigenvalue weighted by Gasteiger charge is 2.07. The van der Waals surface area contributed by atoms with Crippen LogP contribution >= 0.6 is 0 Å². The molecule has 3 rings (SSSR count). The predicted molar refractivity (Wildman–Crippen MR) is 88.8 cm³/mol. The van der Waals surface area contributed by atoms with Gasteiger partial charge >= 0.3 is 0 Å². The van der Waals surface area contributed by atoms with Crippen molar-refractivity contribution in [3.63, 3.8) is 0 Å². The number of pyridine rings is 1. The average molecular weight is 271 g/mol. The van der Waals surface area contributed by atoms with E-state index in [4.69, 9.17) is 0 Å². The van der Waals surface area contributed by atoms with Gasteiger partial charge in [-0.15, -0.1) is 0 Å². The zero-order valence-corrected chi connectivity index (χ0v) is 12.0. The molecule has 102 valence electrons. The van der Waals surface area contributed by atoms with Gasteiger partial charge in [-0.05, 0) is 47.4 Å². The van der Waals surface area contributed by atoms with Crippen molar-refractivity contribution in [3.8, 4) is 0 Å². The molecule has 3 aromatic rings. The number of aromatic nitrogens is 1. The lowest BCUT2D eigenvalue weighted by molar-refractivity contribution is 1.29. The summed E-state index contributed by atoms with van der Waals surface area (Å²) in [5.74, 6) is 0. The quantitative estimate of drug-likeness (QED) is 0.654. The molecule has 0 N–H and O–H groups in total. The minimum Gasteiger partial charge on any atom is -0.257 e. The van der Waals surface area contributed by atoms with E-state index in [9.17, 15) is 0 Å². The molecule has 0 aliphatic rings. The third-order valence-corrected chi connectivity index (χ3v) is 3.50. The second-order valence-corrected chi connectivity index (χ2v) is 4.99. The van der Waals surface area contributed by atoms with Gasteiger partial charge in [0.1, 0.15) is 0 Å². The molecule has 0 spiro atoms. The second-order valence-electron chi connectivity index (χ2n) is 4.99. The maximum atomic E-state index is 4.42. The largest absolute Gasteiger partial charge is 0.257 e. The van der Waals surface area contributed by atoms with Crippen molar-refractivity contribution in [2.45, 2.75) is 6.92 Å². The maximum absolute atomic E-state index is 4.42. The summed E-state index contributed by atoms with van der Waals surface area (Å²) in [7, 11) is 0. The smallest absolute Gasteiger partial charge is 0.0636 e. The molecule has 1 heteroatoms. The molecule has 1 aromatic heterocycles. The van der Waals surface area contributed by atoms with Crippen LogP contribution in [0.5, 0.6) is 0 Å². The normalized spacial score (nSPS) is 11.4. The fourth-order valence-electron chi connectivity index (χ4n) is 2.42. The van der Waals surface area contributed by atoms with E-state index < -0.39 is 0 Å². The molecule has 0 radical (unpaired) electrons. The first kappa shape index (κ1) is 13.3. The Hall–Kier alpha value is -2.67. The van der Waals surface area contributed by atoms with Crippen LogP contribution in [-0.2, 0) is 0 Å². The Bertz CT molecular complexity index is 743. The van der Waals surface area contributed by atoms with Gasteiger partial charge in [-0.3, -0.25) is 4.98 Å². The van der Waals surface area contributed by atoms with Crippen molar-refractivity contribution < 1.29 is 0 Å². The van der Waals surface area contributed by atoms with E-state index in [1.54, 1.807) is 0 Å². The molecular weight excluding hydrogens is 254 g/mol. The molecule has 0 aliphatic carbocycles. The van der Waals surface area contributed by atoms with Crippen LogP contribution in [0.3, 0.4) is 0 Å². The summed E-state index contributed by atoms with van der Waals surface area (Å²) >= 11 is 0. The molecule has 0 bridgehead atoms. The van der Waals surface area contributed by atoms with Crippen LogP contribution in [0.4, 0.5) is 0 Å². The number of hydrogen-bond acceptors (Lipinski definition) is 1. The fraction of sp³-hybridized carbons (Fsp3) is 0.0500. The fourth-order valence-corrected chi connectivity index (χ4v) is 2.42. The van der Waals surface area contributed by atoms with E-state index in [1.807, 2.05) is 30.5 Å². The highest BCUT2D eigenvalue weighted by atomic mass is 14.6. The number of aryl methyl sites for hydroxylation is 1. The Balaban J connectivity index is 2.17. The third-order valence-electron chi connectivity index (χ3n) is 3.50. The van der Waals surface area contributed by atoms with Gasteiger partial charge in [-0.25, -0.2) is 0 Å². The minimum atomic E-state index is 0.972. The molecule has 0 unspecified atom stereocenters. The molecule has 0 fully saturated rings. The van der Waals surface area contributed by atoms with Gasteiger partial charge in [0, 0.05) is 6.20 Å². The molecule has 1 heterocycles. The van der Waals surface area contributed by atoms with Crippen molar-refractivity contribution >= 4 is 11.6 Å². The molecule has 0 atom stereocenters. The van der Waals surface area contributed by atoms with Crippen LogP contribution in [-0.4, -0.2) is 4.98 Å². The number of nitrogens with zero attached hydrogens (tertiary/aromatic N) is 1. The summed E-state index contributed by atoms with van der Waals surface area (Å²) in [4.78, 5) is 4.42. The van der Waals surface area contributed by atoms with Crippen molar-refractivity contribution in [3.05, 3.63) is 101 Å². The Labute approximate surface area is 125 Å². The molecular formula is C20H17N. The van der Waals surface area contributed by atoms with Crippen LogP contribution in [0.2, 0.25) is 0 Å². The number of rotatable bonds is 3. The average Bonchev–Trinajstić information content (AvgIpc) is 2.55. The second kappa shape index (κ2) is 6.19. The molecule has 0 amide bonds. The number of benzene rings is 2. The Morgan fingerprint density at radius 3 is 2.24 bits per heavy atom. The summed E-state index contributed by atoms with van der Waals surface area (Å²) < 4.78 is 0. The van der Waals surface area contributed by atoms with E-state index in [0.717, 1.165) is 5.69 Å². The number of hydrogen-bond donors (Lipinski definition) is 0. The molecule has 0 aliphatic heterocycles. The SMILES string of the molecule is Cc1ccccc1/C(=C/c1ccccn1)c1ccccc1. The van der Waals surface area contributed by atoms with Gasteiger partial charge < -0.3 is 0 Å². The third kappa shape index (κ3) is 3.09. The summed E-state index contributed by atoms with van der Waals surface area (Å²) in [6.07, 6.45) is 3.98. The first-order valence-corrected chi connectivity index (χ1v) is 7.09. The molecule has 0 saturated heterocycles. The van der Waals surface area contributed by atoms with Crippen LogP contribution in [0.1, 0.15) is 22.4 Å². The maximum Gasteiger partial charge on any atom is 0.0636 e. The van der Waals surface area contributed by atoms with Crippen LogP contribution in [0.15, 0.2) is 79.0 Å². The van der Waals surface area contributed by atoms with Gasteiger partial charge in [0.25, 0.3) is 0 Å². The summed E-state index contributed by atoms with van der Waals surface area (Å²) in [6, 6.07) is 24.9. The van der Waals surface area contributed by atoms with E-state index >= 15 is 0 Å². The van der Waals surface area contributed by atoms with E-state index in [0.29, 0.717) is 0 Å². The van der Waals surface area contributed by atoms with Gasteiger partial charge in [0.2, 0.25) is 0 Å². The zero-order valence-electron chi connectivity index (χ0n) is 12.0. The van der Waals surface area contributed by atoms with Crippen LogP contribution in [0.25, 0.3) is 11.6 Å². The lowest BCUT2D eigenvalue weighted by Gasteiger charge is -2.11. The zero-order chi connectivity index (χ0) is 14.5. The first-order chi connectivity index (χ1) is 10.3. The monoisotopic (exact) mass is 271 g/mol. The van der Waals surface area contributed by atoms with Crippen LogP contribution < -0.4 is 0 Å². The van der Waals surface area contributed by atoms with Crippen LogP contribution in [0, 0.1) is 6.92 Å². The Kier molecular flexibility index (Phi) is 3.92.